The fourth-order valence-corrected chi connectivity index (χ4v) is 3.09. The lowest BCUT2D eigenvalue weighted by Gasteiger charge is -2.39. The van der Waals surface area contributed by atoms with Gasteiger partial charge in [0.15, 0.2) is 0 Å². The lowest BCUT2D eigenvalue weighted by molar-refractivity contribution is -0.384. The molecule has 11 nitrogen and oxygen atoms in total. The molecule has 0 saturated carbocycles. The molecule has 1 fully saturated rings. The van der Waals surface area contributed by atoms with Gasteiger partial charge < -0.3 is 35.0 Å². The van der Waals surface area contributed by atoms with Gasteiger partial charge >= 0.3 is 5.97 Å². The zero-order valence-corrected chi connectivity index (χ0v) is 15.4. The molecule has 30 heavy (non-hydrogen) atoms. The smallest absolute Gasteiger partial charge is 0.335 e. The van der Waals surface area contributed by atoms with Crippen LogP contribution in [0.25, 0.3) is 11.1 Å². The lowest BCUT2D eigenvalue weighted by atomic mass is 9.99. The van der Waals surface area contributed by atoms with E-state index >= 15 is 0 Å². The zero-order valence-electron chi connectivity index (χ0n) is 15.4. The number of nitro benzene ring substituents is 1. The molecule has 0 aliphatic carbocycles. The molecule has 5 atom stereocenters. The number of para-hydroxylation sites is 1. The Labute approximate surface area is 169 Å². The third-order valence-corrected chi connectivity index (χ3v) is 4.67. The second-order valence-electron chi connectivity index (χ2n) is 6.64. The summed E-state index contributed by atoms with van der Waals surface area (Å²) in [5.41, 5.74) is -0.308. The minimum atomic E-state index is -1.66. The van der Waals surface area contributed by atoms with Crippen LogP contribution >= 0.6 is 0 Å². The summed E-state index contributed by atoms with van der Waals surface area (Å²) >= 11 is 0. The van der Waals surface area contributed by atoms with Gasteiger partial charge in [-0.25, -0.2) is 4.79 Å². The molecule has 0 radical (unpaired) electrons. The van der Waals surface area contributed by atoms with Gasteiger partial charge in [0.2, 0.25) is 6.29 Å². The number of nitro groups is 1. The average Bonchev–Trinajstić information content (AvgIpc) is 2.74. The van der Waals surface area contributed by atoms with Crippen LogP contribution in [0.3, 0.4) is 0 Å². The maximum atomic E-state index is 11.4. The van der Waals surface area contributed by atoms with Crippen molar-refractivity contribution in [2.45, 2.75) is 30.7 Å². The van der Waals surface area contributed by atoms with Gasteiger partial charge in [-0.15, -0.1) is 0 Å². The minimum absolute atomic E-state index is 0.0682. The molecule has 0 aromatic heterocycles. The van der Waals surface area contributed by atoms with E-state index in [4.69, 9.17) is 9.47 Å². The van der Waals surface area contributed by atoms with Crippen LogP contribution in [-0.4, -0.2) is 73.7 Å². The largest absolute Gasteiger partial charge is 0.478 e. The molecule has 0 bridgehead atoms. The second kappa shape index (κ2) is 8.73. The number of carboxylic acid groups (broad SMARTS) is 1. The number of nitrogens with zero attached hydrogens (tertiary/aromatic N) is 1. The Morgan fingerprint density at radius 3 is 2.43 bits per heavy atom. The third kappa shape index (κ3) is 4.25. The lowest BCUT2D eigenvalue weighted by Crippen LogP contribution is -2.60. The molecule has 160 valence electrons. The van der Waals surface area contributed by atoms with Gasteiger partial charge in [-0.3, -0.25) is 10.1 Å². The van der Waals surface area contributed by atoms with Crippen LogP contribution in [0, 0.1) is 10.1 Å². The van der Waals surface area contributed by atoms with E-state index in [0.29, 0.717) is 0 Å². The summed E-state index contributed by atoms with van der Waals surface area (Å²) in [6.45, 7) is -0.640. The first-order valence-corrected chi connectivity index (χ1v) is 8.82. The highest BCUT2D eigenvalue weighted by Gasteiger charge is 2.44. The van der Waals surface area contributed by atoms with Crippen molar-refractivity contribution in [2.24, 2.45) is 0 Å². The highest BCUT2D eigenvalue weighted by molar-refractivity contribution is 5.91. The van der Waals surface area contributed by atoms with Gasteiger partial charge in [-0.05, 0) is 17.7 Å². The van der Waals surface area contributed by atoms with Crippen LogP contribution in [0.5, 0.6) is 5.75 Å². The van der Waals surface area contributed by atoms with Crippen LogP contribution < -0.4 is 4.74 Å². The molecule has 1 aliphatic heterocycles. The molecular weight excluding hydrogens is 402 g/mol. The van der Waals surface area contributed by atoms with E-state index in [0.717, 1.165) is 6.07 Å². The maximum absolute atomic E-state index is 11.4. The number of non-ortho nitro benzene ring substituents is 1. The average molecular weight is 421 g/mol. The Balaban J connectivity index is 1.99. The summed E-state index contributed by atoms with van der Waals surface area (Å²) in [6, 6.07) is 9.45. The SMILES string of the molecule is O=C(O)c1cc(-c2ccccc2OC2O[C@H](CO)C(O)C(O)C2O)cc([N+](=O)[O-])c1. The molecule has 0 spiro atoms. The van der Waals surface area contributed by atoms with Crippen molar-refractivity contribution in [3.05, 3.63) is 58.1 Å². The van der Waals surface area contributed by atoms with Crippen LogP contribution in [0.4, 0.5) is 5.69 Å². The normalized spacial score (nSPS) is 26.2. The Morgan fingerprint density at radius 2 is 1.80 bits per heavy atom. The summed E-state index contributed by atoms with van der Waals surface area (Å²) in [5.74, 6) is -1.29. The van der Waals surface area contributed by atoms with Gasteiger partial charge in [0.25, 0.3) is 5.69 Å². The first-order valence-electron chi connectivity index (χ1n) is 8.82. The number of rotatable bonds is 6. The van der Waals surface area contributed by atoms with Gasteiger partial charge in [-0.1, -0.05) is 18.2 Å². The minimum Gasteiger partial charge on any atom is -0.478 e. The first-order chi connectivity index (χ1) is 14.2. The number of carbonyl (C=O) groups is 1. The number of hydrogen-bond acceptors (Lipinski definition) is 9. The molecule has 2 aromatic carbocycles. The van der Waals surface area contributed by atoms with Gasteiger partial charge in [-0.2, -0.15) is 0 Å². The topological polar surface area (TPSA) is 180 Å². The number of aromatic carboxylic acids is 1. The molecule has 5 N–H and O–H groups in total. The molecule has 3 rings (SSSR count). The monoisotopic (exact) mass is 421 g/mol. The highest BCUT2D eigenvalue weighted by atomic mass is 16.7. The summed E-state index contributed by atoms with van der Waals surface area (Å²) in [7, 11) is 0. The van der Waals surface area contributed by atoms with E-state index in [-0.39, 0.29) is 22.4 Å². The molecule has 1 aliphatic rings. The zero-order chi connectivity index (χ0) is 22.0. The number of benzene rings is 2. The van der Waals surface area contributed by atoms with E-state index < -0.39 is 53.9 Å². The molecule has 1 heterocycles. The summed E-state index contributed by atoms with van der Waals surface area (Å²) < 4.78 is 10.9. The van der Waals surface area contributed by atoms with Crippen molar-refractivity contribution >= 4 is 11.7 Å². The molecule has 4 unspecified atom stereocenters. The number of hydrogen-bond donors (Lipinski definition) is 5. The van der Waals surface area contributed by atoms with Crippen molar-refractivity contribution in [3.8, 4) is 16.9 Å². The predicted molar refractivity (Wildman–Crippen MR) is 99.9 cm³/mol. The Kier molecular flexibility index (Phi) is 6.29. The first kappa shape index (κ1) is 21.6. The summed E-state index contributed by atoms with van der Waals surface area (Å²) in [5, 5.41) is 59.7. The molecular formula is C19H19NO10. The van der Waals surface area contributed by atoms with Gasteiger partial charge in [0, 0.05) is 17.7 Å². The fraction of sp³-hybridized carbons (Fsp3) is 0.316. The third-order valence-electron chi connectivity index (χ3n) is 4.67. The van der Waals surface area contributed by atoms with Crippen LogP contribution in [0.15, 0.2) is 42.5 Å². The predicted octanol–water partition coefficient (Wildman–Crippen LogP) is 0.139. The highest BCUT2D eigenvalue weighted by Crippen LogP contribution is 2.35. The van der Waals surface area contributed by atoms with E-state index in [1.165, 1.54) is 24.3 Å². The van der Waals surface area contributed by atoms with Gasteiger partial charge in [0.05, 0.1) is 17.1 Å². The molecule has 11 heteroatoms. The van der Waals surface area contributed by atoms with Crippen molar-refractivity contribution in [3.63, 3.8) is 0 Å². The van der Waals surface area contributed by atoms with Crippen molar-refractivity contribution < 1.29 is 44.7 Å². The van der Waals surface area contributed by atoms with E-state index in [1.807, 2.05) is 0 Å². The van der Waals surface area contributed by atoms with Crippen LogP contribution in [0.2, 0.25) is 0 Å². The molecule has 0 amide bonds. The van der Waals surface area contributed by atoms with E-state index in [2.05, 4.69) is 0 Å². The second-order valence-corrected chi connectivity index (χ2v) is 6.64. The van der Waals surface area contributed by atoms with Gasteiger partial charge in [0.1, 0.15) is 30.2 Å². The van der Waals surface area contributed by atoms with E-state index in [9.17, 15) is 40.4 Å². The van der Waals surface area contributed by atoms with Crippen molar-refractivity contribution in [1.29, 1.82) is 0 Å². The van der Waals surface area contributed by atoms with Crippen LogP contribution in [0.1, 0.15) is 10.4 Å². The fourth-order valence-electron chi connectivity index (χ4n) is 3.09. The standard InChI is InChI=1S/C19H19NO10/c21-8-14-15(22)16(23)17(24)19(30-14)29-13-4-2-1-3-12(13)9-5-10(18(25)26)7-11(6-9)20(27)28/h1-7,14-17,19,21-24H,8H2,(H,25,26)/t14-,15?,16?,17?,19?/m1/s1. The number of aliphatic hydroxyl groups is 4. The Bertz CT molecular complexity index is 914. The number of ether oxygens (including phenoxy) is 2. The Hall–Kier alpha value is -3.09. The molecule has 1 saturated heterocycles. The number of carboxylic acids is 1. The Morgan fingerprint density at radius 1 is 1.10 bits per heavy atom. The quantitative estimate of drug-likeness (QED) is 0.318. The van der Waals surface area contributed by atoms with Crippen LogP contribution in [-0.2, 0) is 4.74 Å². The number of aliphatic hydroxyl groups excluding tert-OH is 4. The van der Waals surface area contributed by atoms with Crippen molar-refractivity contribution in [1.82, 2.24) is 0 Å². The maximum Gasteiger partial charge on any atom is 0.335 e. The molecule has 2 aromatic rings. The summed E-state index contributed by atoms with van der Waals surface area (Å²) in [4.78, 5) is 21.8. The van der Waals surface area contributed by atoms with E-state index in [1.54, 1.807) is 12.1 Å². The summed E-state index contributed by atoms with van der Waals surface area (Å²) in [6.07, 6.45) is -7.52. The van der Waals surface area contributed by atoms with Crippen molar-refractivity contribution in [2.75, 3.05) is 6.61 Å².